The number of hydrogen-bond donors (Lipinski definition) is 2. The molecule has 1 fully saturated rings. The highest BCUT2D eigenvalue weighted by molar-refractivity contribution is 5.94. The smallest absolute Gasteiger partial charge is 0.252 e. The predicted octanol–water partition coefficient (Wildman–Crippen LogP) is 1.33. The Balaban J connectivity index is 1.69. The lowest BCUT2D eigenvalue weighted by Crippen LogP contribution is -2.40. The Morgan fingerprint density at radius 2 is 2.11 bits per heavy atom. The van der Waals surface area contributed by atoms with Gasteiger partial charge in [0, 0.05) is 30.7 Å². The van der Waals surface area contributed by atoms with Crippen LogP contribution >= 0.6 is 0 Å². The largest absolute Gasteiger partial charge is 0.349 e. The summed E-state index contributed by atoms with van der Waals surface area (Å²) in [7, 11) is 0. The Labute approximate surface area is 111 Å². The minimum atomic E-state index is -0.0175. The Hall–Kier alpha value is -1.88. The molecule has 0 aliphatic heterocycles. The first-order chi connectivity index (χ1) is 9.22. The van der Waals surface area contributed by atoms with Crippen LogP contribution in [0.5, 0.6) is 0 Å². The van der Waals surface area contributed by atoms with E-state index in [9.17, 15) is 4.79 Å². The van der Waals surface area contributed by atoms with E-state index < -0.39 is 0 Å². The molecular formula is C14H18N4O. The van der Waals surface area contributed by atoms with Gasteiger partial charge in [-0.25, -0.2) is 4.98 Å². The van der Waals surface area contributed by atoms with E-state index in [4.69, 9.17) is 5.73 Å². The molecule has 1 amide bonds. The average molecular weight is 258 g/mol. The molecule has 0 bridgehead atoms. The summed E-state index contributed by atoms with van der Waals surface area (Å²) in [6, 6.07) is 4.22. The molecule has 1 aliphatic rings. The van der Waals surface area contributed by atoms with E-state index in [0.29, 0.717) is 11.6 Å². The van der Waals surface area contributed by atoms with Crippen LogP contribution in [-0.4, -0.2) is 27.4 Å². The molecule has 0 spiro atoms. The number of nitrogens with one attached hydrogen (secondary N) is 1. The second kappa shape index (κ2) is 5.01. The zero-order valence-corrected chi connectivity index (χ0v) is 10.7. The zero-order valence-electron chi connectivity index (χ0n) is 10.7. The van der Waals surface area contributed by atoms with Gasteiger partial charge < -0.3 is 15.5 Å². The standard InChI is InChI=1S/C14H18N4O/c15-11-2-4-12(5-3-11)17-14(19)10-1-6-13-16-7-8-18(13)9-10/h1,6-9,11-12H,2-5,15H2,(H,17,19)/t11-,12+. The van der Waals surface area contributed by atoms with Gasteiger partial charge in [0.1, 0.15) is 5.65 Å². The first kappa shape index (κ1) is 12.2. The van der Waals surface area contributed by atoms with Gasteiger partial charge in [0.2, 0.25) is 0 Å². The number of aromatic nitrogens is 2. The highest BCUT2D eigenvalue weighted by Gasteiger charge is 2.20. The topological polar surface area (TPSA) is 72.4 Å². The van der Waals surface area contributed by atoms with E-state index in [1.807, 2.05) is 28.9 Å². The van der Waals surface area contributed by atoms with E-state index in [1.54, 1.807) is 6.20 Å². The van der Waals surface area contributed by atoms with Crippen LogP contribution in [0.2, 0.25) is 0 Å². The van der Waals surface area contributed by atoms with Crippen molar-refractivity contribution in [3.05, 3.63) is 36.3 Å². The molecule has 5 heteroatoms. The highest BCUT2D eigenvalue weighted by atomic mass is 16.1. The van der Waals surface area contributed by atoms with Crippen LogP contribution in [0, 0.1) is 0 Å². The summed E-state index contributed by atoms with van der Waals surface area (Å²) in [5.41, 5.74) is 7.38. The Morgan fingerprint density at radius 1 is 1.32 bits per heavy atom. The van der Waals surface area contributed by atoms with E-state index in [-0.39, 0.29) is 11.9 Å². The fraction of sp³-hybridized carbons (Fsp3) is 0.429. The van der Waals surface area contributed by atoms with Gasteiger partial charge in [0.05, 0.1) is 5.56 Å². The van der Waals surface area contributed by atoms with Crippen molar-refractivity contribution in [1.29, 1.82) is 0 Å². The molecular weight excluding hydrogens is 240 g/mol. The molecule has 3 rings (SSSR count). The van der Waals surface area contributed by atoms with Crippen LogP contribution in [0.4, 0.5) is 0 Å². The van der Waals surface area contributed by atoms with Crippen LogP contribution in [-0.2, 0) is 0 Å². The summed E-state index contributed by atoms with van der Waals surface area (Å²) in [5.74, 6) is -0.0175. The quantitative estimate of drug-likeness (QED) is 0.853. The van der Waals surface area contributed by atoms with E-state index in [1.165, 1.54) is 0 Å². The molecule has 0 atom stereocenters. The summed E-state index contributed by atoms with van der Waals surface area (Å²) in [4.78, 5) is 16.3. The van der Waals surface area contributed by atoms with Gasteiger partial charge in [0.15, 0.2) is 0 Å². The number of carbonyl (C=O) groups is 1. The van der Waals surface area contributed by atoms with Gasteiger partial charge in [0.25, 0.3) is 5.91 Å². The number of rotatable bonds is 2. The van der Waals surface area contributed by atoms with Gasteiger partial charge >= 0.3 is 0 Å². The van der Waals surface area contributed by atoms with Gasteiger partial charge in [-0.1, -0.05) is 0 Å². The molecule has 0 unspecified atom stereocenters. The SMILES string of the molecule is N[C@H]1CC[C@@H](NC(=O)c2ccc3nccn3c2)CC1. The normalized spacial score (nSPS) is 23.4. The molecule has 1 aliphatic carbocycles. The number of amides is 1. The fourth-order valence-corrected chi connectivity index (χ4v) is 2.59. The third-order valence-electron chi connectivity index (χ3n) is 3.76. The van der Waals surface area contributed by atoms with Crippen molar-refractivity contribution in [1.82, 2.24) is 14.7 Å². The maximum atomic E-state index is 12.2. The minimum absolute atomic E-state index is 0.0175. The average Bonchev–Trinajstić information content (AvgIpc) is 2.88. The number of carbonyl (C=O) groups excluding carboxylic acids is 1. The number of fused-ring (bicyclic) bond motifs is 1. The molecule has 2 heterocycles. The summed E-state index contributed by atoms with van der Waals surface area (Å²) in [6.07, 6.45) is 9.30. The van der Waals surface area contributed by atoms with Crippen molar-refractivity contribution in [3.8, 4) is 0 Å². The number of nitrogens with zero attached hydrogens (tertiary/aromatic N) is 2. The lowest BCUT2D eigenvalue weighted by molar-refractivity contribution is 0.0925. The predicted molar refractivity (Wildman–Crippen MR) is 72.9 cm³/mol. The van der Waals surface area contributed by atoms with Crippen LogP contribution in [0.3, 0.4) is 0 Å². The van der Waals surface area contributed by atoms with Crippen LogP contribution in [0.1, 0.15) is 36.0 Å². The summed E-state index contributed by atoms with van der Waals surface area (Å²) < 4.78 is 1.85. The van der Waals surface area contributed by atoms with Gasteiger partial charge in [-0.3, -0.25) is 4.79 Å². The third kappa shape index (κ3) is 2.61. The van der Waals surface area contributed by atoms with Crippen molar-refractivity contribution < 1.29 is 4.79 Å². The summed E-state index contributed by atoms with van der Waals surface area (Å²) in [5, 5.41) is 3.08. The lowest BCUT2D eigenvalue weighted by Gasteiger charge is -2.26. The first-order valence-corrected chi connectivity index (χ1v) is 6.71. The molecule has 5 nitrogen and oxygen atoms in total. The van der Waals surface area contributed by atoms with Gasteiger partial charge in [-0.15, -0.1) is 0 Å². The molecule has 100 valence electrons. The van der Waals surface area contributed by atoms with E-state index >= 15 is 0 Å². The molecule has 0 saturated heterocycles. The van der Waals surface area contributed by atoms with E-state index in [2.05, 4.69) is 10.3 Å². The fourth-order valence-electron chi connectivity index (χ4n) is 2.59. The Morgan fingerprint density at radius 3 is 2.89 bits per heavy atom. The second-order valence-electron chi connectivity index (χ2n) is 5.20. The van der Waals surface area contributed by atoms with Crippen molar-refractivity contribution in [2.45, 2.75) is 37.8 Å². The molecule has 2 aromatic heterocycles. The van der Waals surface area contributed by atoms with Gasteiger partial charge in [-0.05, 0) is 37.8 Å². The van der Waals surface area contributed by atoms with Crippen LogP contribution in [0.25, 0.3) is 5.65 Å². The van der Waals surface area contributed by atoms with Crippen molar-refractivity contribution in [2.75, 3.05) is 0 Å². The summed E-state index contributed by atoms with van der Waals surface area (Å²) >= 11 is 0. The van der Waals surface area contributed by atoms with Crippen LogP contribution in [0.15, 0.2) is 30.7 Å². The Kier molecular flexibility index (Phi) is 3.21. The molecule has 1 saturated carbocycles. The Bertz CT molecular complexity index is 584. The minimum Gasteiger partial charge on any atom is -0.349 e. The highest BCUT2D eigenvalue weighted by Crippen LogP contribution is 2.17. The molecule has 19 heavy (non-hydrogen) atoms. The number of pyridine rings is 1. The molecule has 2 aromatic rings. The van der Waals surface area contributed by atoms with Crippen molar-refractivity contribution in [2.24, 2.45) is 5.73 Å². The van der Waals surface area contributed by atoms with Crippen LogP contribution < -0.4 is 11.1 Å². The maximum Gasteiger partial charge on any atom is 0.252 e. The van der Waals surface area contributed by atoms with Crippen molar-refractivity contribution >= 4 is 11.6 Å². The zero-order chi connectivity index (χ0) is 13.2. The molecule has 0 radical (unpaired) electrons. The second-order valence-corrected chi connectivity index (χ2v) is 5.20. The molecule has 3 N–H and O–H groups in total. The lowest BCUT2D eigenvalue weighted by atomic mass is 9.92. The number of nitrogens with two attached hydrogens (primary N) is 1. The number of imidazole rings is 1. The first-order valence-electron chi connectivity index (χ1n) is 6.71. The maximum absolute atomic E-state index is 12.2. The monoisotopic (exact) mass is 258 g/mol. The van der Waals surface area contributed by atoms with E-state index in [0.717, 1.165) is 31.3 Å². The van der Waals surface area contributed by atoms with Gasteiger partial charge in [-0.2, -0.15) is 0 Å². The van der Waals surface area contributed by atoms with Crippen molar-refractivity contribution in [3.63, 3.8) is 0 Å². The molecule has 0 aromatic carbocycles. The number of hydrogen-bond acceptors (Lipinski definition) is 3. The third-order valence-corrected chi connectivity index (χ3v) is 3.76. The summed E-state index contributed by atoms with van der Waals surface area (Å²) in [6.45, 7) is 0.